The molecule has 0 aliphatic carbocycles. The largest absolute Gasteiger partial charge is 0.354 e. The number of rotatable bonds is 5. The maximum Gasteiger partial charge on any atom is 0.274 e. The lowest BCUT2D eigenvalue weighted by atomic mass is 9.86. The van der Waals surface area contributed by atoms with Crippen LogP contribution in [0.25, 0.3) is 0 Å². The second-order valence-corrected chi connectivity index (χ2v) is 7.94. The van der Waals surface area contributed by atoms with Crippen molar-refractivity contribution in [3.05, 3.63) is 83.7 Å². The van der Waals surface area contributed by atoms with E-state index in [0.29, 0.717) is 11.3 Å². The maximum atomic E-state index is 12.6. The first kappa shape index (κ1) is 20.3. The molecule has 3 aromatic rings. The van der Waals surface area contributed by atoms with E-state index in [1.165, 1.54) is 6.92 Å². The first-order valence-electron chi connectivity index (χ1n) is 9.49. The Bertz CT molecular complexity index is 1020. The van der Waals surface area contributed by atoms with Gasteiger partial charge in [-0.2, -0.15) is 0 Å². The van der Waals surface area contributed by atoms with E-state index in [1.807, 2.05) is 36.4 Å². The smallest absolute Gasteiger partial charge is 0.274 e. The van der Waals surface area contributed by atoms with Crippen molar-refractivity contribution in [2.75, 3.05) is 10.6 Å². The van der Waals surface area contributed by atoms with Gasteiger partial charge in [0.15, 0.2) is 5.78 Å². The summed E-state index contributed by atoms with van der Waals surface area (Å²) in [6.45, 7) is 7.87. The van der Waals surface area contributed by atoms with Crippen molar-refractivity contribution in [3.8, 4) is 0 Å². The van der Waals surface area contributed by atoms with Crippen LogP contribution < -0.4 is 10.6 Å². The molecular weight excluding hydrogens is 362 g/mol. The zero-order valence-corrected chi connectivity index (χ0v) is 17.1. The Morgan fingerprint density at radius 1 is 0.862 bits per heavy atom. The van der Waals surface area contributed by atoms with Gasteiger partial charge in [0.2, 0.25) is 0 Å². The summed E-state index contributed by atoms with van der Waals surface area (Å²) in [5.41, 5.74) is 4.38. The van der Waals surface area contributed by atoms with E-state index in [4.69, 9.17) is 0 Å². The summed E-state index contributed by atoms with van der Waals surface area (Å²) >= 11 is 0. The molecule has 0 saturated carbocycles. The number of hydrogen-bond donors (Lipinski definition) is 2. The number of nitrogens with zero attached hydrogens (tertiary/aromatic N) is 1. The Balaban J connectivity index is 1.70. The van der Waals surface area contributed by atoms with E-state index in [-0.39, 0.29) is 17.1 Å². The van der Waals surface area contributed by atoms with Gasteiger partial charge in [-0.3, -0.25) is 9.59 Å². The number of nitrogens with one attached hydrogen (secondary N) is 2. The molecule has 5 heteroatoms. The van der Waals surface area contributed by atoms with Crippen LogP contribution in [0.15, 0.2) is 66.9 Å². The number of benzene rings is 2. The van der Waals surface area contributed by atoms with E-state index >= 15 is 0 Å². The Morgan fingerprint density at radius 2 is 1.52 bits per heavy atom. The van der Waals surface area contributed by atoms with Crippen molar-refractivity contribution in [2.45, 2.75) is 33.1 Å². The minimum Gasteiger partial charge on any atom is -0.354 e. The van der Waals surface area contributed by atoms with Crippen molar-refractivity contribution in [2.24, 2.45) is 0 Å². The number of Topliss-reactive ketones (excluding diaryl/α,β-unsaturated/α-hetero) is 1. The molecule has 0 aliphatic rings. The zero-order chi connectivity index (χ0) is 21.0. The van der Waals surface area contributed by atoms with Gasteiger partial charge in [-0.15, -0.1) is 0 Å². The molecule has 29 heavy (non-hydrogen) atoms. The fraction of sp³-hybridized carbons (Fsp3) is 0.208. The Hall–Kier alpha value is -3.47. The van der Waals surface area contributed by atoms with Crippen molar-refractivity contribution < 1.29 is 9.59 Å². The van der Waals surface area contributed by atoms with E-state index < -0.39 is 0 Å². The van der Waals surface area contributed by atoms with Crippen LogP contribution in [0.2, 0.25) is 0 Å². The van der Waals surface area contributed by atoms with Crippen LogP contribution in [-0.4, -0.2) is 16.7 Å². The average Bonchev–Trinajstić information content (AvgIpc) is 2.68. The summed E-state index contributed by atoms with van der Waals surface area (Å²) < 4.78 is 0. The first-order chi connectivity index (χ1) is 13.7. The van der Waals surface area contributed by atoms with E-state index in [2.05, 4.69) is 36.4 Å². The van der Waals surface area contributed by atoms with Crippen LogP contribution in [0, 0.1) is 0 Å². The highest BCUT2D eigenvalue weighted by Gasteiger charge is 2.19. The monoisotopic (exact) mass is 387 g/mol. The van der Waals surface area contributed by atoms with Crippen LogP contribution in [0.4, 0.5) is 17.1 Å². The standard InChI is InChI=1S/C24H25N3O2/c1-16(28)17-9-11-18(12-10-17)26-19-13-14-22(25-15-19)23(29)27-21-8-6-5-7-20(21)24(2,3)4/h5-15,26H,1-4H3,(H,27,29). The predicted octanol–water partition coefficient (Wildman–Crippen LogP) is 5.58. The summed E-state index contributed by atoms with van der Waals surface area (Å²) in [4.78, 5) is 28.3. The number of aromatic nitrogens is 1. The van der Waals surface area contributed by atoms with E-state index in [1.54, 1.807) is 30.5 Å². The number of carbonyl (C=O) groups excluding carboxylic acids is 2. The summed E-state index contributed by atoms with van der Waals surface area (Å²) in [6, 6.07) is 18.5. The van der Waals surface area contributed by atoms with Crippen LogP contribution in [0.1, 0.15) is 54.1 Å². The topological polar surface area (TPSA) is 71.1 Å². The van der Waals surface area contributed by atoms with Crippen LogP contribution in [0.5, 0.6) is 0 Å². The van der Waals surface area contributed by atoms with E-state index in [0.717, 1.165) is 22.6 Å². The van der Waals surface area contributed by atoms with Gasteiger partial charge in [-0.1, -0.05) is 39.0 Å². The molecule has 0 atom stereocenters. The predicted molar refractivity (Wildman–Crippen MR) is 117 cm³/mol. The molecule has 0 saturated heterocycles. The summed E-state index contributed by atoms with van der Waals surface area (Å²) in [5.74, 6) is -0.222. The highest BCUT2D eigenvalue weighted by molar-refractivity contribution is 6.03. The lowest BCUT2D eigenvalue weighted by Crippen LogP contribution is -2.19. The van der Waals surface area contributed by atoms with Gasteiger partial charge in [0.05, 0.1) is 11.9 Å². The quantitative estimate of drug-likeness (QED) is 0.561. The Morgan fingerprint density at radius 3 is 2.10 bits per heavy atom. The van der Waals surface area contributed by atoms with Gasteiger partial charge in [0, 0.05) is 16.9 Å². The van der Waals surface area contributed by atoms with Crippen LogP contribution >= 0.6 is 0 Å². The molecule has 0 spiro atoms. The lowest BCUT2D eigenvalue weighted by molar-refractivity contribution is 0.101. The van der Waals surface area contributed by atoms with Gasteiger partial charge < -0.3 is 10.6 Å². The molecule has 1 amide bonds. The maximum absolute atomic E-state index is 12.6. The Labute approximate surface area is 171 Å². The molecule has 0 fully saturated rings. The van der Waals surface area contributed by atoms with Crippen LogP contribution in [0.3, 0.4) is 0 Å². The highest BCUT2D eigenvalue weighted by atomic mass is 16.2. The van der Waals surface area contributed by atoms with Gasteiger partial charge in [0.1, 0.15) is 5.69 Å². The third kappa shape index (κ3) is 5.08. The highest BCUT2D eigenvalue weighted by Crippen LogP contribution is 2.29. The molecule has 0 aliphatic heterocycles. The number of amides is 1. The van der Waals surface area contributed by atoms with Crippen molar-refractivity contribution in [1.82, 2.24) is 4.98 Å². The average molecular weight is 387 g/mol. The zero-order valence-electron chi connectivity index (χ0n) is 17.1. The molecule has 3 rings (SSSR count). The second kappa shape index (κ2) is 8.27. The number of ketones is 1. The molecule has 5 nitrogen and oxygen atoms in total. The minimum atomic E-state index is -0.251. The molecule has 0 radical (unpaired) electrons. The summed E-state index contributed by atoms with van der Waals surface area (Å²) in [7, 11) is 0. The third-order valence-corrected chi connectivity index (χ3v) is 4.56. The number of anilines is 3. The molecule has 2 N–H and O–H groups in total. The third-order valence-electron chi connectivity index (χ3n) is 4.56. The molecular formula is C24H25N3O2. The van der Waals surface area contributed by atoms with Gasteiger partial charge in [0.25, 0.3) is 5.91 Å². The molecule has 0 unspecified atom stereocenters. The fourth-order valence-corrected chi connectivity index (χ4v) is 2.99. The van der Waals surface area contributed by atoms with Gasteiger partial charge in [-0.05, 0) is 60.4 Å². The molecule has 148 valence electrons. The SMILES string of the molecule is CC(=O)c1ccc(Nc2ccc(C(=O)Nc3ccccc3C(C)(C)C)nc2)cc1. The first-order valence-corrected chi connectivity index (χ1v) is 9.49. The van der Waals surface area contributed by atoms with Crippen LogP contribution in [-0.2, 0) is 5.41 Å². The van der Waals surface area contributed by atoms with Crippen molar-refractivity contribution >= 4 is 28.8 Å². The normalized spacial score (nSPS) is 11.0. The van der Waals surface area contributed by atoms with Crippen molar-refractivity contribution in [3.63, 3.8) is 0 Å². The minimum absolute atomic E-state index is 0.0293. The fourth-order valence-electron chi connectivity index (χ4n) is 2.99. The number of para-hydroxylation sites is 1. The van der Waals surface area contributed by atoms with Gasteiger partial charge >= 0.3 is 0 Å². The molecule has 1 aromatic heterocycles. The Kier molecular flexibility index (Phi) is 5.78. The van der Waals surface area contributed by atoms with Gasteiger partial charge in [-0.25, -0.2) is 4.98 Å². The number of pyridine rings is 1. The van der Waals surface area contributed by atoms with E-state index in [9.17, 15) is 9.59 Å². The second-order valence-electron chi connectivity index (χ2n) is 7.94. The molecule has 2 aromatic carbocycles. The number of carbonyl (C=O) groups is 2. The molecule has 1 heterocycles. The summed E-state index contributed by atoms with van der Waals surface area (Å²) in [6.07, 6.45) is 1.61. The van der Waals surface area contributed by atoms with Crippen molar-refractivity contribution in [1.29, 1.82) is 0 Å². The number of hydrogen-bond acceptors (Lipinski definition) is 4. The molecule has 0 bridgehead atoms. The summed E-state index contributed by atoms with van der Waals surface area (Å²) in [5, 5.41) is 6.17. The lowest BCUT2D eigenvalue weighted by Gasteiger charge is -2.22.